The highest BCUT2D eigenvalue weighted by molar-refractivity contribution is 7.10. The number of hydrogen-bond acceptors (Lipinski definition) is 3. The van der Waals surface area contributed by atoms with Crippen molar-refractivity contribution in [3.05, 3.63) is 93.2 Å². The van der Waals surface area contributed by atoms with Crippen LogP contribution in [0.3, 0.4) is 0 Å². The Morgan fingerprint density at radius 2 is 1.82 bits per heavy atom. The molecule has 2 heterocycles. The lowest BCUT2D eigenvalue weighted by atomic mass is 9.80. The SMILES string of the molecule is CC(C)CN1C(=O)c2ccccc2[C@H](C(=O)N[C@H]2CCCc3ccccc32)[C@@H]1c1cccs1. The van der Waals surface area contributed by atoms with E-state index in [1.807, 2.05) is 40.6 Å². The highest BCUT2D eigenvalue weighted by Crippen LogP contribution is 2.45. The lowest BCUT2D eigenvalue weighted by molar-refractivity contribution is -0.125. The molecular weight excluding hydrogens is 428 g/mol. The second-order valence-corrected chi connectivity index (χ2v) is 10.5. The molecule has 2 aromatic carbocycles. The van der Waals surface area contributed by atoms with Gasteiger partial charge in [0.15, 0.2) is 0 Å². The van der Waals surface area contributed by atoms with Gasteiger partial charge in [0.2, 0.25) is 5.91 Å². The Hall–Kier alpha value is -2.92. The zero-order valence-corrected chi connectivity index (χ0v) is 20.0. The molecule has 0 saturated heterocycles. The molecule has 0 saturated carbocycles. The molecule has 0 spiro atoms. The first-order valence-electron chi connectivity index (χ1n) is 11.9. The summed E-state index contributed by atoms with van der Waals surface area (Å²) in [4.78, 5) is 30.6. The zero-order chi connectivity index (χ0) is 22.9. The van der Waals surface area contributed by atoms with Gasteiger partial charge in [-0.1, -0.05) is 62.4 Å². The minimum atomic E-state index is -0.439. The summed E-state index contributed by atoms with van der Waals surface area (Å²) in [6.07, 6.45) is 3.06. The van der Waals surface area contributed by atoms with Crippen molar-refractivity contribution in [2.24, 2.45) is 5.92 Å². The maximum atomic E-state index is 14.0. The van der Waals surface area contributed by atoms with Crippen LogP contribution < -0.4 is 5.32 Å². The Bertz CT molecular complexity index is 1150. The lowest BCUT2D eigenvalue weighted by Crippen LogP contribution is -2.48. The van der Waals surface area contributed by atoms with Gasteiger partial charge in [0, 0.05) is 17.0 Å². The van der Waals surface area contributed by atoms with Crippen molar-refractivity contribution in [1.29, 1.82) is 0 Å². The zero-order valence-electron chi connectivity index (χ0n) is 19.2. The van der Waals surface area contributed by atoms with E-state index in [1.54, 1.807) is 11.3 Å². The van der Waals surface area contributed by atoms with Gasteiger partial charge in [-0.05, 0) is 59.4 Å². The monoisotopic (exact) mass is 458 g/mol. The van der Waals surface area contributed by atoms with Gasteiger partial charge in [-0.15, -0.1) is 11.3 Å². The van der Waals surface area contributed by atoms with Crippen LogP contribution in [0.25, 0.3) is 0 Å². The molecule has 1 N–H and O–H groups in total. The molecule has 3 aromatic rings. The molecule has 2 amide bonds. The van der Waals surface area contributed by atoms with E-state index in [2.05, 4.69) is 49.5 Å². The molecule has 1 aliphatic carbocycles. The largest absolute Gasteiger partial charge is 0.349 e. The van der Waals surface area contributed by atoms with E-state index in [1.165, 1.54) is 11.1 Å². The van der Waals surface area contributed by atoms with E-state index in [0.717, 1.165) is 29.7 Å². The van der Waals surface area contributed by atoms with Crippen molar-refractivity contribution in [2.75, 3.05) is 6.54 Å². The van der Waals surface area contributed by atoms with E-state index in [-0.39, 0.29) is 23.9 Å². The van der Waals surface area contributed by atoms with E-state index < -0.39 is 5.92 Å². The average Bonchev–Trinajstić information content (AvgIpc) is 3.35. The van der Waals surface area contributed by atoms with Crippen molar-refractivity contribution in [3.63, 3.8) is 0 Å². The molecule has 33 heavy (non-hydrogen) atoms. The molecule has 0 bridgehead atoms. The van der Waals surface area contributed by atoms with Gasteiger partial charge >= 0.3 is 0 Å². The molecule has 0 unspecified atom stereocenters. The average molecular weight is 459 g/mol. The normalized spacial score (nSPS) is 22.1. The summed E-state index contributed by atoms with van der Waals surface area (Å²) in [5.41, 5.74) is 4.03. The second kappa shape index (κ2) is 9.14. The number of fused-ring (bicyclic) bond motifs is 2. The first-order chi connectivity index (χ1) is 16.0. The maximum absolute atomic E-state index is 14.0. The summed E-state index contributed by atoms with van der Waals surface area (Å²) < 4.78 is 0. The summed E-state index contributed by atoms with van der Waals surface area (Å²) in [5.74, 6) is -0.116. The molecular formula is C28H30N2O2S. The number of rotatable bonds is 5. The van der Waals surface area contributed by atoms with E-state index in [9.17, 15) is 9.59 Å². The van der Waals surface area contributed by atoms with E-state index in [0.29, 0.717) is 18.0 Å². The van der Waals surface area contributed by atoms with Crippen LogP contribution in [0.2, 0.25) is 0 Å². The van der Waals surface area contributed by atoms with Crippen LogP contribution in [0.15, 0.2) is 66.0 Å². The Morgan fingerprint density at radius 3 is 2.58 bits per heavy atom. The first-order valence-corrected chi connectivity index (χ1v) is 12.7. The molecule has 0 radical (unpaired) electrons. The van der Waals surface area contributed by atoms with Crippen LogP contribution in [0.5, 0.6) is 0 Å². The summed E-state index contributed by atoms with van der Waals surface area (Å²) in [6.45, 7) is 4.85. The number of carbonyl (C=O) groups is 2. The number of aryl methyl sites for hydroxylation is 1. The molecule has 5 rings (SSSR count). The first kappa shape index (κ1) is 21.9. The van der Waals surface area contributed by atoms with Crippen molar-refractivity contribution < 1.29 is 9.59 Å². The van der Waals surface area contributed by atoms with Gasteiger partial charge in [-0.3, -0.25) is 9.59 Å². The molecule has 170 valence electrons. The fourth-order valence-electron chi connectivity index (χ4n) is 5.41. The lowest BCUT2D eigenvalue weighted by Gasteiger charge is -2.42. The standard InChI is InChI=1S/C28H30N2O2S/c1-18(2)17-30-26(24-15-8-16-33-24)25(21-12-5-6-13-22(21)28(30)32)27(31)29-23-14-7-10-19-9-3-4-11-20(19)23/h3-6,8-9,11-13,15-16,18,23,25-26H,7,10,14,17H2,1-2H3,(H,29,31)/t23-,25-,26-/m0/s1. The number of carbonyl (C=O) groups excluding carboxylic acids is 2. The Balaban J connectivity index is 1.57. The minimum Gasteiger partial charge on any atom is -0.349 e. The van der Waals surface area contributed by atoms with E-state index >= 15 is 0 Å². The number of thiophene rings is 1. The van der Waals surface area contributed by atoms with Crippen LogP contribution in [0, 0.1) is 5.92 Å². The van der Waals surface area contributed by atoms with Gasteiger partial charge in [0.05, 0.1) is 18.0 Å². The number of nitrogens with one attached hydrogen (secondary N) is 1. The highest BCUT2D eigenvalue weighted by Gasteiger charge is 2.45. The van der Waals surface area contributed by atoms with Gasteiger partial charge in [-0.2, -0.15) is 0 Å². The van der Waals surface area contributed by atoms with Gasteiger partial charge < -0.3 is 10.2 Å². The van der Waals surface area contributed by atoms with E-state index in [4.69, 9.17) is 0 Å². The second-order valence-electron chi connectivity index (χ2n) is 9.53. The smallest absolute Gasteiger partial charge is 0.254 e. The van der Waals surface area contributed by atoms with Crippen molar-refractivity contribution >= 4 is 23.2 Å². The topological polar surface area (TPSA) is 49.4 Å². The molecule has 3 atom stereocenters. The van der Waals surface area contributed by atoms with Crippen molar-refractivity contribution in [2.45, 2.75) is 51.1 Å². The molecule has 2 aliphatic rings. The molecule has 4 nitrogen and oxygen atoms in total. The van der Waals surface area contributed by atoms with Crippen molar-refractivity contribution in [1.82, 2.24) is 10.2 Å². The Labute approximate surface area is 199 Å². The third-order valence-corrected chi connectivity index (χ3v) is 7.75. The Kier molecular flexibility index (Phi) is 6.07. The highest BCUT2D eigenvalue weighted by atomic mass is 32.1. The summed E-state index contributed by atoms with van der Waals surface area (Å²) in [6, 6.07) is 19.9. The van der Waals surface area contributed by atoms with Crippen LogP contribution in [-0.4, -0.2) is 23.3 Å². The number of benzene rings is 2. The van der Waals surface area contributed by atoms with Crippen molar-refractivity contribution in [3.8, 4) is 0 Å². The summed E-state index contributed by atoms with van der Waals surface area (Å²) >= 11 is 1.62. The summed E-state index contributed by atoms with van der Waals surface area (Å²) in [5, 5.41) is 5.42. The molecule has 1 aliphatic heterocycles. The predicted molar refractivity (Wildman–Crippen MR) is 132 cm³/mol. The van der Waals surface area contributed by atoms with Crippen LogP contribution in [-0.2, 0) is 11.2 Å². The quantitative estimate of drug-likeness (QED) is 0.519. The predicted octanol–water partition coefficient (Wildman–Crippen LogP) is 5.88. The van der Waals surface area contributed by atoms with Crippen LogP contribution >= 0.6 is 11.3 Å². The number of amides is 2. The third-order valence-electron chi connectivity index (χ3n) is 6.80. The van der Waals surface area contributed by atoms with Crippen LogP contribution in [0.4, 0.5) is 0 Å². The molecule has 0 fully saturated rings. The van der Waals surface area contributed by atoms with Crippen LogP contribution in [0.1, 0.15) is 76.6 Å². The van der Waals surface area contributed by atoms with Gasteiger partial charge in [-0.25, -0.2) is 0 Å². The molecule has 5 heteroatoms. The maximum Gasteiger partial charge on any atom is 0.254 e. The summed E-state index contributed by atoms with van der Waals surface area (Å²) in [7, 11) is 0. The van der Waals surface area contributed by atoms with Gasteiger partial charge in [0.1, 0.15) is 0 Å². The minimum absolute atomic E-state index is 0.00353. The molecule has 1 aromatic heterocycles. The number of nitrogens with zero attached hydrogens (tertiary/aromatic N) is 1. The fourth-order valence-corrected chi connectivity index (χ4v) is 6.29. The third kappa shape index (κ3) is 4.10. The van der Waals surface area contributed by atoms with Gasteiger partial charge in [0.25, 0.3) is 5.91 Å². The number of hydrogen-bond donors (Lipinski definition) is 1. The Morgan fingerprint density at radius 1 is 1.06 bits per heavy atom. The fraction of sp³-hybridized carbons (Fsp3) is 0.357.